The first kappa shape index (κ1) is 17.7. The summed E-state index contributed by atoms with van der Waals surface area (Å²) in [6.07, 6.45) is 6.27. The van der Waals surface area contributed by atoms with Crippen LogP contribution in [-0.2, 0) is 22.4 Å². The molecule has 1 atom stereocenters. The van der Waals surface area contributed by atoms with Crippen molar-refractivity contribution >= 4 is 50.0 Å². The molecule has 1 aliphatic carbocycles. The highest BCUT2D eigenvalue weighted by Crippen LogP contribution is 2.42. The van der Waals surface area contributed by atoms with Crippen LogP contribution in [0.4, 0.5) is 0 Å². The van der Waals surface area contributed by atoms with Crippen LogP contribution in [0, 0.1) is 5.92 Å². The zero-order valence-corrected chi connectivity index (χ0v) is 16.9. The number of carbonyl (C=O) groups excluding carboxylic acids is 2. The molecule has 0 saturated carbocycles. The second kappa shape index (κ2) is 6.42. The minimum absolute atomic E-state index is 0.120. The number of hydrogen-bond acceptors (Lipinski definition) is 4. The second-order valence-electron chi connectivity index (χ2n) is 7.95. The standard InChI is InChI=1S/C23H19N3O3S/c27-11-12-4-5-16-14(9-12)18(17-3-1-2-7-26(16)17)20-19(21(28)25-22(20)29)15-10-24-23-13(15)6-8-30-23/h1-3,6-8,10,12,24,27H,4-5,9,11H2,(H,25,28,29). The molecule has 150 valence electrons. The predicted octanol–water partition coefficient (Wildman–Crippen LogP) is 3.15. The number of carbonyl (C=O) groups is 2. The van der Waals surface area contributed by atoms with Crippen molar-refractivity contribution in [3.8, 4) is 0 Å². The van der Waals surface area contributed by atoms with Crippen molar-refractivity contribution in [2.24, 2.45) is 5.92 Å². The fourth-order valence-electron chi connectivity index (χ4n) is 4.99. The Morgan fingerprint density at radius 3 is 2.90 bits per heavy atom. The minimum atomic E-state index is -0.361. The molecular weight excluding hydrogens is 398 g/mol. The topological polar surface area (TPSA) is 86.6 Å². The number of nitrogens with zero attached hydrogens (tertiary/aromatic N) is 1. The summed E-state index contributed by atoms with van der Waals surface area (Å²) in [5.41, 5.74) is 5.61. The number of aliphatic hydroxyl groups excluding tert-OH is 1. The third-order valence-corrected chi connectivity index (χ3v) is 7.20. The van der Waals surface area contributed by atoms with Gasteiger partial charge >= 0.3 is 0 Å². The Morgan fingerprint density at radius 1 is 1.17 bits per heavy atom. The van der Waals surface area contributed by atoms with E-state index in [-0.39, 0.29) is 24.3 Å². The number of H-pyrrole nitrogens is 1. The number of nitrogens with one attached hydrogen (secondary N) is 2. The molecule has 7 heteroatoms. The highest BCUT2D eigenvalue weighted by atomic mass is 32.1. The number of pyridine rings is 1. The summed E-state index contributed by atoms with van der Waals surface area (Å²) in [6, 6.07) is 7.91. The van der Waals surface area contributed by atoms with E-state index in [2.05, 4.69) is 14.7 Å². The number of amides is 2. The molecule has 6 nitrogen and oxygen atoms in total. The summed E-state index contributed by atoms with van der Waals surface area (Å²) in [7, 11) is 0. The second-order valence-corrected chi connectivity index (χ2v) is 8.86. The summed E-state index contributed by atoms with van der Waals surface area (Å²) in [6.45, 7) is 0.120. The van der Waals surface area contributed by atoms with Crippen LogP contribution in [0.3, 0.4) is 0 Å². The molecule has 1 aliphatic heterocycles. The monoisotopic (exact) mass is 417 g/mol. The lowest BCUT2D eigenvalue weighted by atomic mass is 9.83. The van der Waals surface area contributed by atoms with Crippen molar-refractivity contribution in [1.82, 2.24) is 14.7 Å². The van der Waals surface area contributed by atoms with E-state index in [1.165, 1.54) is 5.69 Å². The lowest BCUT2D eigenvalue weighted by Crippen LogP contribution is -2.23. The molecule has 5 heterocycles. The van der Waals surface area contributed by atoms with E-state index in [0.717, 1.165) is 45.3 Å². The largest absolute Gasteiger partial charge is 0.396 e. The summed E-state index contributed by atoms with van der Waals surface area (Å²) in [5, 5.41) is 15.2. The number of aromatic nitrogens is 2. The Bertz CT molecular complexity index is 1390. The van der Waals surface area contributed by atoms with Gasteiger partial charge in [0.25, 0.3) is 11.8 Å². The van der Waals surface area contributed by atoms with E-state index in [1.807, 2.05) is 42.0 Å². The number of imide groups is 1. The van der Waals surface area contributed by atoms with Gasteiger partial charge in [-0.2, -0.15) is 0 Å². The highest BCUT2D eigenvalue weighted by molar-refractivity contribution is 7.16. The first-order chi connectivity index (χ1) is 14.7. The molecule has 0 bridgehead atoms. The van der Waals surface area contributed by atoms with Gasteiger partial charge in [-0.25, -0.2) is 0 Å². The Kier molecular flexibility index (Phi) is 3.78. The summed E-state index contributed by atoms with van der Waals surface area (Å²) < 4.78 is 2.14. The highest BCUT2D eigenvalue weighted by Gasteiger charge is 2.38. The number of rotatable bonds is 3. The molecule has 0 radical (unpaired) electrons. The molecule has 0 aromatic carbocycles. The van der Waals surface area contributed by atoms with Crippen LogP contribution in [0.1, 0.15) is 28.8 Å². The fraction of sp³-hybridized carbons (Fsp3) is 0.217. The molecule has 0 spiro atoms. The third kappa shape index (κ3) is 2.33. The molecule has 0 saturated heterocycles. The molecular formula is C23H19N3O3S. The number of aryl methyl sites for hydroxylation is 1. The normalized spacial score (nSPS) is 19.2. The zero-order valence-electron chi connectivity index (χ0n) is 16.1. The van der Waals surface area contributed by atoms with Crippen molar-refractivity contribution in [3.63, 3.8) is 0 Å². The number of aromatic amines is 1. The Hall–Kier alpha value is -3.16. The van der Waals surface area contributed by atoms with Gasteiger partial charge in [0.15, 0.2) is 0 Å². The Morgan fingerprint density at radius 2 is 2.03 bits per heavy atom. The van der Waals surface area contributed by atoms with Crippen molar-refractivity contribution in [1.29, 1.82) is 0 Å². The molecule has 4 aromatic rings. The van der Waals surface area contributed by atoms with Gasteiger partial charge in [0.2, 0.25) is 0 Å². The first-order valence-corrected chi connectivity index (χ1v) is 10.9. The van der Waals surface area contributed by atoms with E-state index in [4.69, 9.17) is 0 Å². The fourth-order valence-corrected chi connectivity index (χ4v) is 5.76. The van der Waals surface area contributed by atoms with Gasteiger partial charge in [0, 0.05) is 41.2 Å². The molecule has 2 amide bonds. The van der Waals surface area contributed by atoms with Crippen LogP contribution in [0.5, 0.6) is 0 Å². The minimum Gasteiger partial charge on any atom is -0.396 e. The zero-order chi connectivity index (χ0) is 20.4. The SMILES string of the molecule is O=C1NC(=O)C(c2c3c(n4ccccc24)CCC(CO)C3)=C1c1c[nH]c2sccc12. The molecule has 1 unspecified atom stereocenters. The van der Waals surface area contributed by atoms with Crippen LogP contribution in [0.2, 0.25) is 0 Å². The average Bonchev–Trinajstić information content (AvgIpc) is 3.49. The molecule has 30 heavy (non-hydrogen) atoms. The van der Waals surface area contributed by atoms with Crippen molar-refractivity contribution in [3.05, 3.63) is 64.4 Å². The Balaban J connectivity index is 1.70. The van der Waals surface area contributed by atoms with Crippen molar-refractivity contribution < 1.29 is 14.7 Å². The molecule has 6 rings (SSSR count). The summed E-state index contributed by atoms with van der Waals surface area (Å²) >= 11 is 1.57. The van der Waals surface area contributed by atoms with Crippen molar-refractivity contribution in [2.75, 3.05) is 6.61 Å². The van der Waals surface area contributed by atoms with Crippen molar-refractivity contribution in [2.45, 2.75) is 19.3 Å². The lowest BCUT2D eigenvalue weighted by molar-refractivity contribution is -0.122. The van der Waals surface area contributed by atoms with Crippen LogP contribution < -0.4 is 5.32 Å². The van der Waals surface area contributed by atoms with Crippen LogP contribution in [0.15, 0.2) is 42.0 Å². The molecule has 3 N–H and O–H groups in total. The summed E-state index contributed by atoms with van der Waals surface area (Å²) in [4.78, 5) is 30.2. The maximum Gasteiger partial charge on any atom is 0.259 e. The van der Waals surface area contributed by atoms with E-state index in [0.29, 0.717) is 17.6 Å². The van der Waals surface area contributed by atoms with Crippen LogP contribution in [-0.4, -0.2) is 32.9 Å². The van der Waals surface area contributed by atoms with Crippen LogP contribution >= 0.6 is 11.3 Å². The van der Waals surface area contributed by atoms with E-state index in [9.17, 15) is 14.7 Å². The van der Waals surface area contributed by atoms with Gasteiger partial charge in [-0.15, -0.1) is 11.3 Å². The predicted molar refractivity (Wildman–Crippen MR) is 116 cm³/mol. The number of hydrogen-bond donors (Lipinski definition) is 3. The first-order valence-electron chi connectivity index (χ1n) is 10.0. The number of thiophene rings is 1. The maximum absolute atomic E-state index is 13.1. The molecule has 0 fully saturated rings. The Labute approximate surface area is 175 Å². The van der Waals surface area contributed by atoms with Gasteiger partial charge < -0.3 is 14.5 Å². The molecule has 2 aliphatic rings. The smallest absolute Gasteiger partial charge is 0.259 e. The van der Waals surface area contributed by atoms with Gasteiger partial charge in [0.1, 0.15) is 4.83 Å². The van der Waals surface area contributed by atoms with E-state index in [1.54, 1.807) is 11.3 Å². The molecule has 4 aromatic heterocycles. The van der Waals surface area contributed by atoms with Gasteiger partial charge in [-0.05, 0) is 54.3 Å². The van der Waals surface area contributed by atoms with Crippen LogP contribution in [0.25, 0.3) is 26.9 Å². The van der Waals surface area contributed by atoms with Gasteiger partial charge in [0.05, 0.1) is 16.7 Å². The van der Waals surface area contributed by atoms with E-state index >= 15 is 0 Å². The average molecular weight is 417 g/mol. The lowest BCUT2D eigenvalue weighted by Gasteiger charge is -2.21. The quantitative estimate of drug-likeness (QED) is 0.448. The third-order valence-electron chi connectivity index (χ3n) is 6.35. The summed E-state index contributed by atoms with van der Waals surface area (Å²) in [5.74, 6) is -0.556. The van der Waals surface area contributed by atoms with Gasteiger partial charge in [-0.3, -0.25) is 14.9 Å². The number of aliphatic hydroxyl groups is 1. The van der Waals surface area contributed by atoms with E-state index < -0.39 is 0 Å². The number of fused-ring (bicyclic) bond motifs is 4. The van der Waals surface area contributed by atoms with Gasteiger partial charge in [-0.1, -0.05) is 6.07 Å². The maximum atomic E-state index is 13.1.